The average molecular weight is 448 g/mol. The lowest BCUT2D eigenvalue weighted by Gasteiger charge is -2.33. The maximum absolute atomic E-state index is 12.7. The molecule has 2 aromatic rings. The van der Waals surface area contributed by atoms with Gasteiger partial charge >= 0.3 is 12.1 Å². The minimum Gasteiger partial charge on any atom is -0.480 e. The average Bonchev–Trinajstić information content (AvgIpc) is 3.11. The molecule has 0 atom stereocenters. The number of aliphatic carboxylic acids is 1. The molecule has 170 valence electrons. The second-order valence-corrected chi connectivity index (χ2v) is 9.08. The van der Waals surface area contributed by atoms with Crippen molar-refractivity contribution in [2.24, 2.45) is 0 Å². The number of hydrogen-bond acceptors (Lipinski definition) is 5. The van der Waals surface area contributed by atoms with Gasteiger partial charge in [0.15, 0.2) is 5.16 Å². The number of carboxylic acid groups (broad SMARTS) is 1. The maximum atomic E-state index is 12.7. The molecule has 1 aliphatic rings. The van der Waals surface area contributed by atoms with Crippen molar-refractivity contribution in [2.75, 3.05) is 18.9 Å². The molecule has 1 saturated carbocycles. The molecule has 0 unspecified atom stereocenters. The molecule has 1 N–H and O–H groups in total. The van der Waals surface area contributed by atoms with Crippen LogP contribution in [0.15, 0.2) is 29.4 Å². The number of hydrogen-bond donors (Lipinski definition) is 1. The SMILES string of the molecule is CCCCOC(=O)N(CCCSc1nc2ccccc2n1CC(=O)O)C1CCCCC1. The van der Waals surface area contributed by atoms with Gasteiger partial charge in [-0.05, 0) is 37.8 Å². The minimum absolute atomic E-state index is 0.110. The summed E-state index contributed by atoms with van der Waals surface area (Å²) in [7, 11) is 0. The number of imidazole rings is 1. The van der Waals surface area contributed by atoms with Crippen molar-refractivity contribution in [3.05, 3.63) is 24.3 Å². The van der Waals surface area contributed by atoms with Crippen molar-refractivity contribution in [3.63, 3.8) is 0 Å². The first-order valence-corrected chi connectivity index (χ1v) is 12.3. The molecule has 1 aliphatic carbocycles. The molecule has 0 bridgehead atoms. The summed E-state index contributed by atoms with van der Waals surface area (Å²) < 4.78 is 7.26. The smallest absolute Gasteiger partial charge is 0.410 e. The summed E-state index contributed by atoms with van der Waals surface area (Å²) >= 11 is 1.55. The van der Waals surface area contributed by atoms with Crippen LogP contribution in [0.2, 0.25) is 0 Å². The van der Waals surface area contributed by atoms with Gasteiger partial charge in [0.2, 0.25) is 0 Å². The number of unbranched alkanes of at least 4 members (excludes halogenated alkanes) is 1. The van der Waals surface area contributed by atoms with Crippen LogP contribution in [-0.4, -0.2) is 56.6 Å². The van der Waals surface area contributed by atoms with Crippen molar-refractivity contribution in [1.82, 2.24) is 14.5 Å². The topological polar surface area (TPSA) is 84.7 Å². The zero-order valence-electron chi connectivity index (χ0n) is 18.3. The van der Waals surface area contributed by atoms with Crippen LogP contribution in [0.1, 0.15) is 58.3 Å². The Morgan fingerprint density at radius 2 is 2.00 bits per heavy atom. The zero-order valence-corrected chi connectivity index (χ0v) is 19.1. The number of para-hydroxylation sites is 2. The van der Waals surface area contributed by atoms with Crippen LogP contribution < -0.4 is 0 Å². The molecule has 1 aromatic carbocycles. The van der Waals surface area contributed by atoms with Crippen LogP contribution in [0.5, 0.6) is 0 Å². The lowest BCUT2D eigenvalue weighted by atomic mass is 9.94. The Morgan fingerprint density at radius 1 is 1.23 bits per heavy atom. The molecule has 3 rings (SSSR count). The van der Waals surface area contributed by atoms with Crippen LogP contribution in [0.3, 0.4) is 0 Å². The molecule has 0 saturated heterocycles. The predicted octanol–water partition coefficient (Wildman–Crippen LogP) is 5.17. The van der Waals surface area contributed by atoms with Gasteiger partial charge in [0, 0.05) is 18.3 Å². The second-order valence-electron chi connectivity index (χ2n) is 8.02. The van der Waals surface area contributed by atoms with E-state index in [2.05, 4.69) is 11.9 Å². The van der Waals surface area contributed by atoms with E-state index in [4.69, 9.17) is 4.74 Å². The summed E-state index contributed by atoms with van der Waals surface area (Å²) in [5, 5.41) is 10.00. The fourth-order valence-electron chi connectivity index (χ4n) is 4.05. The first-order chi connectivity index (χ1) is 15.1. The summed E-state index contributed by atoms with van der Waals surface area (Å²) in [6.45, 7) is 3.11. The zero-order chi connectivity index (χ0) is 22.1. The van der Waals surface area contributed by atoms with E-state index in [1.807, 2.05) is 29.2 Å². The molecule has 0 radical (unpaired) electrons. The van der Waals surface area contributed by atoms with Crippen LogP contribution in [0.25, 0.3) is 11.0 Å². The largest absolute Gasteiger partial charge is 0.480 e. The molecule has 7 nitrogen and oxygen atoms in total. The van der Waals surface area contributed by atoms with E-state index in [1.165, 1.54) is 6.42 Å². The maximum Gasteiger partial charge on any atom is 0.410 e. The van der Waals surface area contributed by atoms with E-state index >= 15 is 0 Å². The lowest BCUT2D eigenvalue weighted by molar-refractivity contribution is -0.137. The van der Waals surface area contributed by atoms with Crippen LogP contribution >= 0.6 is 11.8 Å². The Balaban J connectivity index is 1.60. The number of aromatic nitrogens is 2. The Kier molecular flexibility index (Phi) is 9.06. The highest BCUT2D eigenvalue weighted by molar-refractivity contribution is 7.99. The standard InChI is InChI=1S/C23H33N3O4S/c1-2-3-15-30-23(29)25(18-10-5-4-6-11-18)14-9-16-31-22-24-19-12-7-8-13-20(19)26(22)17-21(27)28/h7-8,12-13,18H,2-6,9-11,14-17H2,1H3,(H,27,28). The number of carbonyl (C=O) groups is 2. The van der Waals surface area contributed by atoms with Crippen LogP contribution in [0, 0.1) is 0 Å². The summed E-state index contributed by atoms with van der Waals surface area (Å²) in [5.74, 6) is -0.127. The van der Waals surface area contributed by atoms with Gasteiger partial charge in [-0.25, -0.2) is 9.78 Å². The number of carbonyl (C=O) groups excluding carboxylic acids is 1. The molecule has 0 aliphatic heterocycles. The van der Waals surface area contributed by atoms with Gasteiger partial charge in [0.1, 0.15) is 6.54 Å². The molecule has 1 aromatic heterocycles. The third-order valence-corrected chi connectivity index (χ3v) is 6.72. The third kappa shape index (κ3) is 6.63. The van der Waals surface area contributed by atoms with E-state index in [1.54, 1.807) is 16.3 Å². The Hall–Kier alpha value is -2.22. The van der Waals surface area contributed by atoms with Crippen molar-refractivity contribution >= 4 is 34.9 Å². The van der Waals surface area contributed by atoms with E-state index in [0.717, 1.165) is 61.7 Å². The molecule has 0 spiro atoms. The summed E-state index contributed by atoms with van der Waals surface area (Å²) in [6.07, 6.45) is 8.17. The number of rotatable bonds is 11. The quantitative estimate of drug-likeness (QED) is 0.378. The number of ether oxygens (including phenoxy) is 1. The van der Waals surface area contributed by atoms with Gasteiger partial charge in [-0.2, -0.15) is 0 Å². The Bertz CT molecular complexity index is 864. The van der Waals surface area contributed by atoms with Crippen molar-refractivity contribution in [1.29, 1.82) is 0 Å². The van der Waals surface area contributed by atoms with E-state index in [-0.39, 0.29) is 18.7 Å². The van der Waals surface area contributed by atoms with Gasteiger partial charge in [-0.3, -0.25) is 4.79 Å². The predicted molar refractivity (Wildman–Crippen MR) is 123 cm³/mol. The highest BCUT2D eigenvalue weighted by Crippen LogP contribution is 2.26. The Morgan fingerprint density at radius 3 is 2.74 bits per heavy atom. The minimum atomic E-state index is -0.886. The molecule has 31 heavy (non-hydrogen) atoms. The molecular formula is C23H33N3O4S. The monoisotopic (exact) mass is 447 g/mol. The highest BCUT2D eigenvalue weighted by Gasteiger charge is 2.26. The molecule has 1 heterocycles. The van der Waals surface area contributed by atoms with Crippen molar-refractivity contribution in [2.45, 2.75) is 76.0 Å². The second kappa shape index (κ2) is 12.0. The number of carboxylic acids is 1. The van der Waals surface area contributed by atoms with Gasteiger partial charge in [0.05, 0.1) is 17.6 Å². The molecular weight excluding hydrogens is 414 g/mol. The van der Waals surface area contributed by atoms with Crippen molar-refractivity contribution in [3.8, 4) is 0 Å². The fourth-order valence-corrected chi connectivity index (χ4v) is 4.99. The van der Waals surface area contributed by atoms with Gasteiger partial charge in [-0.15, -0.1) is 0 Å². The first-order valence-electron chi connectivity index (χ1n) is 11.3. The highest BCUT2D eigenvalue weighted by atomic mass is 32.2. The van der Waals surface area contributed by atoms with Crippen LogP contribution in [0.4, 0.5) is 4.79 Å². The van der Waals surface area contributed by atoms with E-state index < -0.39 is 5.97 Å². The van der Waals surface area contributed by atoms with Gasteiger partial charge in [0.25, 0.3) is 0 Å². The number of nitrogens with zero attached hydrogens (tertiary/aromatic N) is 3. The first kappa shape index (κ1) is 23.4. The normalized spacial score (nSPS) is 14.6. The third-order valence-electron chi connectivity index (χ3n) is 5.66. The van der Waals surface area contributed by atoms with E-state index in [9.17, 15) is 14.7 Å². The van der Waals surface area contributed by atoms with Crippen LogP contribution in [-0.2, 0) is 16.1 Å². The summed E-state index contributed by atoms with van der Waals surface area (Å²) in [5.41, 5.74) is 1.63. The van der Waals surface area contributed by atoms with Crippen molar-refractivity contribution < 1.29 is 19.4 Å². The molecule has 1 amide bonds. The summed E-state index contributed by atoms with van der Waals surface area (Å²) in [4.78, 5) is 30.6. The fraction of sp³-hybridized carbons (Fsp3) is 0.609. The summed E-state index contributed by atoms with van der Waals surface area (Å²) in [6, 6.07) is 7.86. The number of thioether (sulfide) groups is 1. The van der Waals surface area contributed by atoms with Gasteiger partial charge in [-0.1, -0.05) is 56.5 Å². The van der Waals surface area contributed by atoms with Gasteiger partial charge < -0.3 is 19.3 Å². The lowest BCUT2D eigenvalue weighted by Crippen LogP contribution is -2.42. The number of fused-ring (bicyclic) bond motifs is 1. The number of amides is 1. The van der Waals surface area contributed by atoms with E-state index in [0.29, 0.717) is 18.3 Å². The molecule has 8 heteroatoms. The molecule has 1 fully saturated rings. The Labute approximate surface area is 188 Å². The number of benzene rings is 1.